The van der Waals surface area contributed by atoms with Gasteiger partial charge in [0.1, 0.15) is 0 Å². The summed E-state index contributed by atoms with van der Waals surface area (Å²) < 4.78 is 10.3. The van der Waals surface area contributed by atoms with Gasteiger partial charge in [0.05, 0.1) is 20.3 Å². The molecular formula is C7H8O2S. The third kappa shape index (κ3) is 0.822. The van der Waals surface area contributed by atoms with Crippen LogP contribution in [0.2, 0.25) is 0 Å². The molecule has 54 valence electrons. The Labute approximate surface area is 63.4 Å². The first kappa shape index (κ1) is 6.19. The monoisotopic (exact) mass is 156 g/mol. The average Bonchev–Trinajstić information content (AvgIpc) is 2.42. The molecule has 0 amide bonds. The van der Waals surface area contributed by atoms with Gasteiger partial charge in [-0.05, 0) is 11.6 Å². The van der Waals surface area contributed by atoms with E-state index >= 15 is 0 Å². The van der Waals surface area contributed by atoms with Crippen molar-refractivity contribution in [1.82, 2.24) is 0 Å². The van der Waals surface area contributed by atoms with Crippen LogP contribution in [0, 0.1) is 0 Å². The molecule has 0 N–H and O–H groups in total. The van der Waals surface area contributed by atoms with Crippen LogP contribution in [0.25, 0.3) is 0 Å². The molecule has 0 fully saturated rings. The molecule has 0 aromatic carbocycles. The molecule has 0 aliphatic carbocycles. The van der Waals surface area contributed by atoms with Crippen molar-refractivity contribution in [2.75, 3.05) is 7.11 Å². The van der Waals surface area contributed by atoms with Crippen molar-refractivity contribution in [2.24, 2.45) is 0 Å². The van der Waals surface area contributed by atoms with Gasteiger partial charge >= 0.3 is 0 Å². The highest BCUT2D eigenvalue weighted by Gasteiger charge is 2.14. The number of hydrogen-bond donors (Lipinski definition) is 0. The predicted octanol–water partition coefficient (Wildman–Crippen LogP) is 1.79. The number of rotatable bonds is 1. The number of fused-ring (bicyclic) bond motifs is 1. The van der Waals surface area contributed by atoms with E-state index in [2.05, 4.69) is 0 Å². The fourth-order valence-electron chi connectivity index (χ4n) is 1.04. The summed E-state index contributed by atoms with van der Waals surface area (Å²) in [7, 11) is 1.70. The minimum atomic E-state index is 0.759. The van der Waals surface area contributed by atoms with Crippen molar-refractivity contribution in [3.8, 4) is 5.06 Å². The quantitative estimate of drug-likeness (QED) is 0.617. The standard InChI is InChI=1S/C7H8O2S/c1-8-7-2-5-3-9-4-6(5)10-7/h2H,3-4H2,1H3. The summed E-state index contributed by atoms with van der Waals surface area (Å²) in [4.78, 5) is 1.32. The molecule has 0 spiro atoms. The Kier molecular flexibility index (Phi) is 1.39. The van der Waals surface area contributed by atoms with Gasteiger partial charge in [0, 0.05) is 4.88 Å². The van der Waals surface area contributed by atoms with Crippen LogP contribution in [0.4, 0.5) is 0 Å². The van der Waals surface area contributed by atoms with Gasteiger partial charge in [-0.2, -0.15) is 0 Å². The van der Waals surface area contributed by atoms with E-state index in [1.54, 1.807) is 18.4 Å². The Balaban J connectivity index is 2.37. The molecule has 2 heterocycles. The molecule has 0 radical (unpaired) electrons. The van der Waals surface area contributed by atoms with E-state index in [1.807, 2.05) is 6.07 Å². The largest absolute Gasteiger partial charge is 0.487 e. The van der Waals surface area contributed by atoms with E-state index in [4.69, 9.17) is 9.47 Å². The maximum atomic E-state index is 5.21. The van der Waals surface area contributed by atoms with Crippen molar-refractivity contribution in [1.29, 1.82) is 0 Å². The Morgan fingerprint density at radius 3 is 3.20 bits per heavy atom. The van der Waals surface area contributed by atoms with Crippen LogP contribution >= 0.6 is 11.3 Å². The Morgan fingerprint density at radius 2 is 2.50 bits per heavy atom. The maximum absolute atomic E-state index is 5.21. The lowest BCUT2D eigenvalue weighted by molar-refractivity contribution is 0.135. The number of ether oxygens (including phenoxy) is 2. The average molecular weight is 156 g/mol. The molecule has 1 aliphatic rings. The normalized spacial score (nSPS) is 15.3. The molecule has 10 heavy (non-hydrogen) atoms. The minimum Gasteiger partial charge on any atom is -0.487 e. The summed E-state index contributed by atoms with van der Waals surface area (Å²) in [5, 5.41) is 0.994. The second-order valence-electron chi connectivity index (χ2n) is 2.21. The highest BCUT2D eigenvalue weighted by Crippen LogP contribution is 2.33. The van der Waals surface area contributed by atoms with Crippen molar-refractivity contribution < 1.29 is 9.47 Å². The lowest BCUT2D eigenvalue weighted by Gasteiger charge is -1.91. The Morgan fingerprint density at radius 1 is 1.60 bits per heavy atom. The van der Waals surface area contributed by atoms with Crippen molar-refractivity contribution in [2.45, 2.75) is 13.2 Å². The van der Waals surface area contributed by atoms with Crippen LogP contribution in [0.5, 0.6) is 5.06 Å². The van der Waals surface area contributed by atoms with Gasteiger partial charge in [-0.3, -0.25) is 0 Å². The lowest BCUT2D eigenvalue weighted by atomic mass is 10.3. The van der Waals surface area contributed by atoms with Crippen molar-refractivity contribution in [3.63, 3.8) is 0 Å². The van der Waals surface area contributed by atoms with Crippen LogP contribution in [-0.4, -0.2) is 7.11 Å². The van der Waals surface area contributed by atoms with Gasteiger partial charge in [0.2, 0.25) is 0 Å². The van der Waals surface area contributed by atoms with E-state index in [0.29, 0.717) is 0 Å². The SMILES string of the molecule is COc1cc2c(s1)COC2. The summed E-state index contributed by atoms with van der Waals surface area (Å²) in [6, 6.07) is 2.05. The number of hydrogen-bond acceptors (Lipinski definition) is 3. The van der Waals surface area contributed by atoms with Gasteiger partial charge in [-0.25, -0.2) is 0 Å². The molecule has 0 unspecified atom stereocenters. The van der Waals surface area contributed by atoms with Crippen LogP contribution < -0.4 is 4.74 Å². The third-order valence-corrected chi connectivity index (χ3v) is 2.68. The fourth-order valence-corrected chi connectivity index (χ4v) is 1.96. The molecule has 0 bridgehead atoms. The first-order valence-electron chi connectivity index (χ1n) is 3.13. The molecule has 3 heteroatoms. The first-order chi connectivity index (χ1) is 4.90. The molecule has 0 atom stereocenters. The number of methoxy groups -OCH3 is 1. The molecule has 1 aromatic heterocycles. The van der Waals surface area contributed by atoms with E-state index < -0.39 is 0 Å². The first-order valence-corrected chi connectivity index (χ1v) is 3.95. The summed E-state index contributed by atoms with van der Waals surface area (Å²) in [6.45, 7) is 1.53. The minimum absolute atomic E-state index is 0.759. The topological polar surface area (TPSA) is 18.5 Å². The zero-order valence-electron chi connectivity index (χ0n) is 5.72. The second kappa shape index (κ2) is 2.25. The Hall–Kier alpha value is -0.540. The van der Waals surface area contributed by atoms with E-state index in [1.165, 1.54) is 10.4 Å². The summed E-state index contributed by atoms with van der Waals surface area (Å²) in [5.41, 5.74) is 1.29. The van der Waals surface area contributed by atoms with E-state index in [-0.39, 0.29) is 0 Å². The zero-order chi connectivity index (χ0) is 6.97. The molecule has 1 aromatic rings. The molecule has 1 aliphatic heterocycles. The van der Waals surface area contributed by atoms with E-state index in [9.17, 15) is 0 Å². The number of thiophene rings is 1. The lowest BCUT2D eigenvalue weighted by Crippen LogP contribution is -1.78. The smallest absolute Gasteiger partial charge is 0.174 e. The molecule has 0 saturated carbocycles. The van der Waals surface area contributed by atoms with Crippen LogP contribution in [0.15, 0.2) is 6.07 Å². The van der Waals surface area contributed by atoms with Gasteiger partial charge in [-0.1, -0.05) is 0 Å². The summed E-state index contributed by atoms with van der Waals surface area (Å²) in [5.74, 6) is 0. The fraction of sp³-hybridized carbons (Fsp3) is 0.429. The van der Waals surface area contributed by atoms with Crippen molar-refractivity contribution >= 4 is 11.3 Å². The molecule has 0 saturated heterocycles. The van der Waals surface area contributed by atoms with Crippen LogP contribution in [-0.2, 0) is 18.0 Å². The second-order valence-corrected chi connectivity index (χ2v) is 3.31. The van der Waals surface area contributed by atoms with Crippen LogP contribution in [0.3, 0.4) is 0 Å². The van der Waals surface area contributed by atoms with Crippen molar-refractivity contribution in [3.05, 3.63) is 16.5 Å². The highest BCUT2D eigenvalue weighted by atomic mass is 32.1. The van der Waals surface area contributed by atoms with Gasteiger partial charge < -0.3 is 9.47 Å². The highest BCUT2D eigenvalue weighted by molar-refractivity contribution is 7.14. The third-order valence-electron chi connectivity index (χ3n) is 1.57. The maximum Gasteiger partial charge on any atom is 0.174 e. The predicted molar refractivity (Wildman–Crippen MR) is 39.4 cm³/mol. The summed E-state index contributed by atoms with van der Waals surface area (Å²) in [6.07, 6.45) is 0. The van der Waals surface area contributed by atoms with Gasteiger partial charge in [0.15, 0.2) is 5.06 Å². The van der Waals surface area contributed by atoms with Crippen LogP contribution in [0.1, 0.15) is 10.4 Å². The zero-order valence-corrected chi connectivity index (χ0v) is 6.53. The summed E-state index contributed by atoms with van der Waals surface area (Å²) >= 11 is 1.67. The molecule has 2 nitrogen and oxygen atoms in total. The van der Waals surface area contributed by atoms with Gasteiger partial charge in [0.25, 0.3) is 0 Å². The van der Waals surface area contributed by atoms with Gasteiger partial charge in [-0.15, -0.1) is 11.3 Å². The molecular weight excluding hydrogens is 148 g/mol. The molecule has 2 rings (SSSR count). The van der Waals surface area contributed by atoms with E-state index in [0.717, 1.165) is 18.3 Å². The Bertz CT molecular complexity index is 220.